The zero-order chi connectivity index (χ0) is 16.2. The van der Waals surface area contributed by atoms with Gasteiger partial charge in [0, 0.05) is 11.8 Å². The van der Waals surface area contributed by atoms with Crippen molar-refractivity contribution >= 4 is 0 Å². The zero-order valence-corrected chi connectivity index (χ0v) is 15.8. The van der Waals surface area contributed by atoms with Gasteiger partial charge in [-0.2, -0.15) is 0 Å². The van der Waals surface area contributed by atoms with E-state index in [-0.39, 0.29) is 0 Å². The Hall–Kier alpha value is -0.440. The third kappa shape index (κ3) is 4.55. The van der Waals surface area contributed by atoms with Gasteiger partial charge in [-0.25, -0.2) is 0 Å². The fraction of sp³-hybridized carbons (Fsp3) is 0.913. The Labute approximate surface area is 145 Å². The van der Waals surface area contributed by atoms with Gasteiger partial charge in [-0.15, -0.1) is 0 Å². The number of hydrogen-bond donors (Lipinski definition) is 0. The van der Waals surface area contributed by atoms with Crippen LogP contribution in [0.25, 0.3) is 0 Å². The monoisotopic (exact) mass is 314 g/mol. The van der Waals surface area contributed by atoms with Crippen molar-refractivity contribution in [2.24, 2.45) is 41.4 Å². The van der Waals surface area contributed by atoms with Gasteiger partial charge in [-0.05, 0) is 81.0 Å². The van der Waals surface area contributed by atoms with Gasteiger partial charge < -0.3 is 0 Å². The molecule has 0 heteroatoms. The van der Waals surface area contributed by atoms with Crippen LogP contribution in [0.15, 0.2) is 0 Å². The van der Waals surface area contributed by atoms with Gasteiger partial charge in [0.15, 0.2) is 0 Å². The van der Waals surface area contributed by atoms with E-state index in [1.165, 1.54) is 70.6 Å². The van der Waals surface area contributed by atoms with E-state index in [0.717, 1.165) is 35.5 Å². The van der Waals surface area contributed by atoms with E-state index in [1.54, 1.807) is 0 Å². The molecule has 0 aromatic heterocycles. The Morgan fingerprint density at radius 3 is 1.65 bits per heavy atom. The van der Waals surface area contributed by atoms with Crippen molar-refractivity contribution < 1.29 is 0 Å². The van der Waals surface area contributed by atoms with Gasteiger partial charge in [-0.1, -0.05) is 51.9 Å². The number of rotatable bonds is 1. The molecular weight excluding hydrogens is 276 g/mol. The molecule has 3 rings (SSSR count). The molecule has 0 nitrogen and oxygen atoms in total. The molecule has 0 aliphatic heterocycles. The first-order valence-electron chi connectivity index (χ1n) is 10.6. The van der Waals surface area contributed by atoms with E-state index in [9.17, 15) is 0 Å². The van der Waals surface area contributed by atoms with Crippen LogP contribution in [0, 0.1) is 53.3 Å². The Balaban J connectivity index is 1.47. The van der Waals surface area contributed by atoms with Crippen LogP contribution >= 0.6 is 0 Å². The molecule has 0 spiro atoms. The van der Waals surface area contributed by atoms with Crippen LogP contribution in [-0.4, -0.2) is 0 Å². The second-order valence-electron chi connectivity index (χ2n) is 9.33. The summed E-state index contributed by atoms with van der Waals surface area (Å²) < 4.78 is 0. The largest absolute Gasteiger partial charge is 0.0996 e. The predicted octanol–water partition coefficient (Wildman–Crippen LogP) is 6.69. The van der Waals surface area contributed by atoms with E-state index in [1.807, 2.05) is 0 Å². The van der Waals surface area contributed by atoms with E-state index in [4.69, 9.17) is 0 Å². The topological polar surface area (TPSA) is 0 Å². The molecule has 3 aliphatic rings. The lowest BCUT2D eigenvalue weighted by Gasteiger charge is -2.36. The summed E-state index contributed by atoms with van der Waals surface area (Å²) in [5.74, 6) is 13.6. The second-order valence-corrected chi connectivity index (χ2v) is 9.33. The standard InChI is InChI=1S/C23H38/c1-17-7-12-21(13-8-17)22-14-9-20(10-15-22)11-16-23-18(2)5-4-6-19(23)3/h17-23H,4-10,12-15H2,1-3H3. The molecule has 3 aliphatic carbocycles. The summed E-state index contributed by atoms with van der Waals surface area (Å²) in [5, 5.41) is 0. The molecule has 0 bridgehead atoms. The SMILES string of the molecule is CC1CCC(C2CCC(C#CC3C(C)CCCC3C)CC2)CC1. The van der Waals surface area contributed by atoms with E-state index < -0.39 is 0 Å². The molecule has 2 unspecified atom stereocenters. The first-order valence-corrected chi connectivity index (χ1v) is 10.6. The quantitative estimate of drug-likeness (QED) is 0.473. The molecule has 0 radical (unpaired) electrons. The molecule has 3 fully saturated rings. The molecule has 0 amide bonds. The van der Waals surface area contributed by atoms with E-state index >= 15 is 0 Å². The maximum absolute atomic E-state index is 3.74. The minimum atomic E-state index is 0.682. The minimum absolute atomic E-state index is 0.682. The van der Waals surface area contributed by atoms with Crippen molar-refractivity contribution in [2.75, 3.05) is 0 Å². The number of hydrogen-bond acceptors (Lipinski definition) is 0. The molecular formula is C23H38. The third-order valence-corrected chi connectivity index (χ3v) is 7.50. The van der Waals surface area contributed by atoms with Gasteiger partial charge >= 0.3 is 0 Å². The highest BCUT2D eigenvalue weighted by molar-refractivity contribution is 5.11. The van der Waals surface area contributed by atoms with Gasteiger partial charge in [-0.3, -0.25) is 0 Å². The molecule has 0 aromatic rings. The van der Waals surface area contributed by atoms with Crippen molar-refractivity contribution in [3.63, 3.8) is 0 Å². The van der Waals surface area contributed by atoms with Crippen LogP contribution in [0.3, 0.4) is 0 Å². The van der Waals surface area contributed by atoms with Crippen LogP contribution in [0.4, 0.5) is 0 Å². The van der Waals surface area contributed by atoms with Gasteiger partial charge in [0.2, 0.25) is 0 Å². The van der Waals surface area contributed by atoms with Gasteiger partial charge in [0.25, 0.3) is 0 Å². The average molecular weight is 315 g/mol. The smallest absolute Gasteiger partial charge is 0.0254 e. The summed E-state index contributed by atoms with van der Waals surface area (Å²) in [6.07, 6.45) is 15.9. The van der Waals surface area contributed by atoms with E-state index in [2.05, 4.69) is 32.6 Å². The Kier molecular flexibility index (Phi) is 6.12. The lowest BCUT2D eigenvalue weighted by Crippen LogP contribution is -2.25. The fourth-order valence-corrected chi connectivity index (χ4v) is 5.67. The van der Waals surface area contributed by atoms with Crippen LogP contribution in [0.1, 0.15) is 91.4 Å². The summed E-state index contributed by atoms with van der Waals surface area (Å²) in [6.45, 7) is 7.29. The van der Waals surface area contributed by atoms with Gasteiger partial charge in [0.05, 0.1) is 0 Å². The highest BCUT2D eigenvalue weighted by Crippen LogP contribution is 2.41. The molecule has 0 aromatic carbocycles. The summed E-state index contributed by atoms with van der Waals surface area (Å²) in [7, 11) is 0. The average Bonchev–Trinajstić information content (AvgIpc) is 2.56. The third-order valence-electron chi connectivity index (χ3n) is 7.50. The van der Waals surface area contributed by atoms with Crippen LogP contribution in [0.5, 0.6) is 0 Å². The second kappa shape index (κ2) is 8.09. The highest BCUT2D eigenvalue weighted by atomic mass is 14.3. The van der Waals surface area contributed by atoms with Crippen LogP contribution in [0.2, 0.25) is 0 Å². The van der Waals surface area contributed by atoms with E-state index in [0.29, 0.717) is 5.92 Å². The molecule has 23 heavy (non-hydrogen) atoms. The Morgan fingerprint density at radius 1 is 0.565 bits per heavy atom. The van der Waals surface area contributed by atoms with Crippen LogP contribution in [-0.2, 0) is 0 Å². The first kappa shape index (κ1) is 17.4. The van der Waals surface area contributed by atoms with Crippen molar-refractivity contribution in [3.05, 3.63) is 0 Å². The maximum Gasteiger partial charge on any atom is 0.0254 e. The molecule has 0 saturated heterocycles. The zero-order valence-electron chi connectivity index (χ0n) is 15.8. The van der Waals surface area contributed by atoms with Crippen molar-refractivity contribution in [2.45, 2.75) is 91.4 Å². The molecule has 2 atom stereocenters. The normalized spacial score (nSPS) is 45.1. The lowest BCUT2D eigenvalue weighted by molar-refractivity contribution is 0.162. The molecule has 130 valence electrons. The van der Waals surface area contributed by atoms with Gasteiger partial charge in [0.1, 0.15) is 0 Å². The minimum Gasteiger partial charge on any atom is -0.0996 e. The Morgan fingerprint density at radius 2 is 1.09 bits per heavy atom. The molecule has 3 saturated carbocycles. The van der Waals surface area contributed by atoms with Crippen molar-refractivity contribution in [1.82, 2.24) is 0 Å². The fourth-order valence-electron chi connectivity index (χ4n) is 5.67. The summed E-state index contributed by atoms with van der Waals surface area (Å²) >= 11 is 0. The lowest BCUT2D eigenvalue weighted by atomic mass is 9.69. The summed E-state index contributed by atoms with van der Waals surface area (Å²) in [4.78, 5) is 0. The van der Waals surface area contributed by atoms with Crippen molar-refractivity contribution in [1.29, 1.82) is 0 Å². The molecule has 0 N–H and O–H groups in total. The predicted molar refractivity (Wildman–Crippen MR) is 100 cm³/mol. The highest BCUT2D eigenvalue weighted by Gasteiger charge is 2.30. The summed E-state index contributed by atoms with van der Waals surface area (Å²) in [6, 6.07) is 0. The summed E-state index contributed by atoms with van der Waals surface area (Å²) in [5.41, 5.74) is 0. The molecule has 0 heterocycles. The Bertz CT molecular complexity index is 399. The maximum atomic E-state index is 3.74. The van der Waals surface area contributed by atoms with Crippen LogP contribution < -0.4 is 0 Å². The van der Waals surface area contributed by atoms with Crippen molar-refractivity contribution in [3.8, 4) is 11.8 Å². The first-order chi connectivity index (χ1) is 11.1.